The average Bonchev–Trinajstić information content (AvgIpc) is 3.16. The molecule has 23 heavy (non-hydrogen) atoms. The summed E-state index contributed by atoms with van der Waals surface area (Å²) < 4.78 is 31.9. The van der Waals surface area contributed by atoms with Gasteiger partial charge in [0.05, 0.1) is 0 Å². The third kappa shape index (κ3) is 4.33. The number of rotatable bonds is 8. The molecule has 8 heteroatoms. The van der Waals surface area contributed by atoms with Gasteiger partial charge in [-0.05, 0) is 32.7 Å². The van der Waals surface area contributed by atoms with E-state index in [1.165, 1.54) is 10.4 Å². The summed E-state index contributed by atoms with van der Waals surface area (Å²) in [4.78, 5) is 12.1. The maximum Gasteiger partial charge on any atom is 0.287 e. The van der Waals surface area contributed by atoms with E-state index < -0.39 is 15.9 Å². The van der Waals surface area contributed by atoms with Gasteiger partial charge in [0.15, 0.2) is 5.76 Å². The van der Waals surface area contributed by atoms with E-state index in [0.717, 1.165) is 25.8 Å². The Morgan fingerprint density at radius 2 is 1.96 bits per heavy atom. The summed E-state index contributed by atoms with van der Waals surface area (Å²) in [6.45, 7) is 6.72. The van der Waals surface area contributed by atoms with Crippen LogP contribution < -0.4 is 10.6 Å². The highest BCUT2D eigenvalue weighted by molar-refractivity contribution is 7.89. The van der Waals surface area contributed by atoms with Crippen molar-refractivity contribution in [3.8, 4) is 0 Å². The number of nitrogens with zero attached hydrogens (tertiary/aromatic N) is 1. The fraction of sp³-hybridized carbons (Fsp3) is 0.667. The van der Waals surface area contributed by atoms with Crippen molar-refractivity contribution >= 4 is 15.9 Å². The molecule has 7 nitrogen and oxygen atoms in total. The first-order valence-electron chi connectivity index (χ1n) is 8.06. The Bertz CT molecular complexity index is 633. The summed E-state index contributed by atoms with van der Waals surface area (Å²) in [7, 11) is -3.57. The molecular formula is C15H25N3O4S. The highest BCUT2D eigenvalue weighted by Crippen LogP contribution is 2.26. The van der Waals surface area contributed by atoms with Crippen LogP contribution in [0.4, 0.5) is 0 Å². The minimum atomic E-state index is -3.57. The minimum absolute atomic E-state index is 0.0377. The minimum Gasteiger partial charge on any atom is -0.455 e. The van der Waals surface area contributed by atoms with Crippen molar-refractivity contribution in [2.24, 2.45) is 0 Å². The number of furan rings is 1. The highest BCUT2D eigenvalue weighted by Gasteiger charge is 2.31. The van der Waals surface area contributed by atoms with Crippen molar-refractivity contribution in [1.29, 1.82) is 0 Å². The number of nitrogens with one attached hydrogen (secondary N) is 2. The van der Waals surface area contributed by atoms with Crippen molar-refractivity contribution in [3.05, 3.63) is 17.6 Å². The lowest BCUT2D eigenvalue weighted by Gasteiger charge is -2.14. The smallest absolute Gasteiger partial charge is 0.287 e. The van der Waals surface area contributed by atoms with Gasteiger partial charge >= 0.3 is 0 Å². The second-order valence-corrected chi connectivity index (χ2v) is 7.55. The fourth-order valence-corrected chi connectivity index (χ4v) is 4.23. The van der Waals surface area contributed by atoms with E-state index in [2.05, 4.69) is 17.6 Å². The molecule has 1 aromatic heterocycles. The molecule has 0 saturated carbocycles. The van der Waals surface area contributed by atoms with Gasteiger partial charge in [-0.25, -0.2) is 8.42 Å². The Labute approximate surface area is 137 Å². The van der Waals surface area contributed by atoms with E-state index in [0.29, 0.717) is 26.2 Å². The summed E-state index contributed by atoms with van der Waals surface area (Å²) >= 11 is 0. The lowest BCUT2D eigenvalue weighted by molar-refractivity contribution is 0.0925. The number of carbonyl (C=O) groups is 1. The second kappa shape index (κ2) is 7.94. The van der Waals surface area contributed by atoms with Gasteiger partial charge in [0.25, 0.3) is 5.91 Å². The fourth-order valence-electron chi connectivity index (χ4n) is 2.55. The van der Waals surface area contributed by atoms with Crippen LogP contribution in [-0.4, -0.2) is 51.4 Å². The average molecular weight is 343 g/mol. The molecule has 1 aromatic rings. The maximum atomic E-state index is 12.5. The Kier molecular flexibility index (Phi) is 6.20. The van der Waals surface area contributed by atoms with Gasteiger partial charge in [0, 0.05) is 32.2 Å². The molecule has 130 valence electrons. The van der Waals surface area contributed by atoms with Crippen LogP contribution >= 0.6 is 0 Å². The van der Waals surface area contributed by atoms with E-state index in [4.69, 9.17) is 4.42 Å². The van der Waals surface area contributed by atoms with Crippen LogP contribution in [0.3, 0.4) is 0 Å². The summed E-state index contributed by atoms with van der Waals surface area (Å²) in [6, 6.07) is 1.33. The van der Waals surface area contributed by atoms with Crippen molar-refractivity contribution in [3.63, 3.8) is 0 Å². The summed E-state index contributed by atoms with van der Waals surface area (Å²) in [6.07, 6.45) is 2.77. The van der Waals surface area contributed by atoms with Crippen LogP contribution in [0.25, 0.3) is 0 Å². The van der Waals surface area contributed by atoms with Gasteiger partial charge in [-0.2, -0.15) is 4.31 Å². The summed E-state index contributed by atoms with van der Waals surface area (Å²) in [5, 5.41) is 5.89. The molecule has 1 fully saturated rings. The Balaban J connectivity index is 2.01. The van der Waals surface area contributed by atoms with Crippen molar-refractivity contribution in [2.75, 3.05) is 32.7 Å². The molecule has 0 spiro atoms. The molecular weight excluding hydrogens is 318 g/mol. The maximum absolute atomic E-state index is 12.5. The number of amides is 1. The van der Waals surface area contributed by atoms with Gasteiger partial charge in [-0.3, -0.25) is 4.79 Å². The predicted octanol–water partition coefficient (Wildman–Crippen LogP) is 1.10. The molecule has 0 aromatic carbocycles. The highest BCUT2D eigenvalue weighted by atomic mass is 32.2. The van der Waals surface area contributed by atoms with Crippen LogP contribution in [0.5, 0.6) is 0 Å². The van der Waals surface area contributed by atoms with Crippen LogP contribution in [0.1, 0.15) is 42.5 Å². The first-order chi connectivity index (χ1) is 11.0. The largest absolute Gasteiger partial charge is 0.455 e. The quantitative estimate of drug-likeness (QED) is 0.690. The predicted molar refractivity (Wildman–Crippen MR) is 86.9 cm³/mol. The number of hydrogen-bond donors (Lipinski definition) is 2. The van der Waals surface area contributed by atoms with Gasteiger partial charge in [-0.15, -0.1) is 0 Å². The van der Waals surface area contributed by atoms with Gasteiger partial charge in [0.1, 0.15) is 10.7 Å². The Morgan fingerprint density at radius 3 is 2.61 bits per heavy atom. The first kappa shape index (κ1) is 18.0. The zero-order valence-corrected chi connectivity index (χ0v) is 14.5. The van der Waals surface area contributed by atoms with E-state index >= 15 is 0 Å². The molecule has 1 aliphatic heterocycles. The molecule has 0 radical (unpaired) electrons. The molecule has 1 amide bonds. The molecule has 2 N–H and O–H groups in total. The normalized spacial score (nSPS) is 15.9. The van der Waals surface area contributed by atoms with E-state index in [-0.39, 0.29) is 16.4 Å². The molecule has 1 saturated heterocycles. The second-order valence-electron chi connectivity index (χ2n) is 5.65. The lowest BCUT2D eigenvalue weighted by Crippen LogP contribution is -2.32. The topological polar surface area (TPSA) is 91.6 Å². The van der Waals surface area contributed by atoms with Crippen LogP contribution in [0, 0.1) is 6.92 Å². The van der Waals surface area contributed by atoms with Crippen LogP contribution in [0.15, 0.2) is 15.4 Å². The van der Waals surface area contributed by atoms with Crippen molar-refractivity contribution in [1.82, 2.24) is 14.9 Å². The van der Waals surface area contributed by atoms with E-state index in [1.807, 2.05) is 0 Å². The molecule has 2 rings (SSSR count). The number of aryl methyl sites for hydroxylation is 1. The van der Waals surface area contributed by atoms with Crippen molar-refractivity contribution < 1.29 is 17.6 Å². The molecule has 0 atom stereocenters. The van der Waals surface area contributed by atoms with Gasteiger partial charge < -0.3 is 15.1 Å². The number of sulfonamides is 1. The standard InChI is InChI=1S/C15H25N3O4S/c1-3-6-16-7-8-17-15(19)13-11-14(12(2)22-13)23(20,21)18-9-4-5-10-18/h11,16H,3-10H2,1-2H3,(H,17,19). The zero-order valence-electron chi connectivity index (χ0n) is 13.7. The van der Waals surface area contributed by atoms with Gasteiger partial charge in [0.2, 0.25) is 10.0 Å². The Hall–Kier alpha value is -1.38. The van der Waals surface area contributed by atoms with Crippen molar-refractivity contribution in [2.45, 2.75) is 38.0 Å². The molecule has 0 bridgehead atoms. The van der Waals surface area contributed by atoms with Crippen LogP contribution in [-0.2, 0) is 10.0 Å². The lowest BCUT2D eigenvalue weighted by atomic mass is 10.4. The zero-order chi connectivity index (χ0) is 16.9. The Morgan fingerprint density at radius 1 is 1.26 bits per heavy atom. The third-order valence-electron chi connectivity index (χ3n) is 3.79. The monoisotopic (exact) mass is 343 g/mol. The van der Waals surface area contributed by atoms with Crippen LogP contribution in [0.2, 0.25) is 0 Å². The van der Waals surface area contributed by atoms with E-state index in [1.54, 1.807) is 6.92 Å². The molecule has 1 aliphatic rings. The number of hydrogen-bond acceptors (Lipinski definition) is 5. The first-order valence-corrected chi connectivity index (χ1v) is 9.50. The van der Waals surface area contributed by atoms with Gasteiger partial charge in [-0.1, -0.05) is 6.92 Å². The third-order valence-corrected chi connectivity index (χ3v) is 5.80. The summed E-state index contributed by atoms with van der Waals surface area (Å²) in [5.74, 6) is -0.101. The SMILES string of the molecule is CCCNCCNC(=O)c1cc(S(=O)(=O)N2CCCC2)c(C)o1. The van der Waals surface area contributed by atoms with E-state index in [9.17, 15) is 13.2 Å². The molecule has 0 unspecified atom stereocenters. The molecule has 0 aliphatic carbocycles. The number of carbonyl (C=O) groups excluding carboxylic acids is 1. The summed E-state index contributed by atoms with van der Waals surface area (Å²) in [5.41, 5.74) is 0. The molecule has 2 heterocycles.